The van der Waals surface area contributed by atoms with Crippen molar-refractivity contribution in [2.45, 2.75) is 30.9 Å². The first-order valence-corrected chi connectivity index (χ1v) is 6.14. The van der Waals surface area contributed by atoms with E-state index in [1.54, 1.807) is 14.2 Å². The number of amides is 2. The lowest BCUT2D eigenvalue weighted by atomic mass is 9.77. The molecule has 19 heavy (non-hydrogen) atoms. The zero-order valence-corrected chi connectivity index (χ0v) is 11.1. The molecule has 7 heteroatoms. The summed E-state index contributed by atoms with van der Waals surface area (Å²) < 4.78 is 4.25. The number of carbonyl (C=O) groups is 3. The zero-order chi connectivity index (χ0) is 14.5. The molecule has 0 radical (unpaired) electrons. The van der Waals surface area contributed by atoms with Crippen molar-refractivity contribution >= 4 is 18.1 Å². The molecule has 2 unspecified atom stereocenters. The Kier molecular flexibility index (Phi) is 5.44. The molecule has 0 spiro atoms. The maximum atomic E-state index is 11.7. The van der Waals surface area contributed by atoms with Gasteiger partial charge in [-0.3, -0.25) is 9.59 Å². The minimum Gasteiger partial charge on any atom is -0.390 e. The van der Waals surface area contributed by atoms with Gasteiger partial charge >= 0.3 is 0 Å². The molecule has 1 saturated carbocycles. The number of carbonyl (C=O) groups excluding carboxylic acids is 3. The average Bonchev–Trinajstić information content (AvgIpc) is 2.65. The molecule has 3 N–H and O–H groups in total. The summed E-state index contributed by atoms with van der Waals surface area (Å²) in [5.74, 6) is -2.13. The fourth-order valence-corrected chi connectivity index (χ4v) is 2.05. The molecule has 1 aliphatic heterocycles. The lowest BCUT2D eigenvalue weighted by molar-refractivity contribution is -0.139. The summed E-state index contributed by atoms with van der Waals surface area (Å²) in [4.78, 5) is 33.9. The smallest absolute Gasteiger partial charge is 0.236 e. The molecule has 2 aliphatic rings. The highest BCUT2D eigenvalue weighted by Gasteiger charge is 2.44. The predicted octanol–water partition coefficient (Wildman–Crippen LogP) is -1.41. The van der Waals surface area contributed by atoms with Crippen LogP contribution in [0.25, 0.3) is 0 Å². The van der Waals surface area contributed by atoms with Crippen molar-refractivity contribution in [2.24, 2.45) is 5.92 Å². The van der Waals surface area contributed by atoms with Crippen molar-refractivity contribution in [3.05, 3.63) is 0 Å². The normalized spacial score (nSPS) is 27.4. The van der Waals surface area contributed by atoms with E-state index in [0.717, 1.165) is 6.42 Å². The maximum absolute atomic E-state index is 11.7. The topological polar surface area (TPSA) is 105 Å². The van der Waals surface area contributed by atoms with Gasteiger partial charge in [0.25, 0.3) is 0 Å². The first kappa shape index (κ1) is 15.6. The maximum Gasteiger partial charge on any atom is 0.236 e. The Bertz CT molecular complexity index is 354. The fourth-order valence-electron chi connectivity index (χ4n) is 2.05. The quantitative estimate of drug-likeness (QED) is 0.432. The molecule has 2 fully saturated rings. The van der Waals surface area contributed by atoms with Crippen molar-refractivity contribution in [1.82, 2.24) is 10.6 Å². The van der Waals surface area contributed by atoms with Crippen LogP contribution in [-0.4, -0.2) is 55.6 Å². The van der Waals surface area contributed by atoms with Crippen molar-refractivity contribution < 1.29 is 24.2 Å². The van der Waals surface area contributed by atoms with Gasteiger partial charge in [-0.2, -0.15) is 0 Å². The molecule has 2 amide bonds. The largest absolute Gasteiger partial charge is 0.390 e. The number of hydrogen-bond acceptors (Lipinski definition) is 5. The van der Waals surface area contributed by atoms with E-state index in [1.807, 2.05) is 0 Å². The Morgan fingerprint density at radius 3 is 2.42 bits per heavy atom. The second-order valence-corrected chi connectivity index (χ2v) is 4.82. The second kappa shape index (κ2) is 6.63. The minimum atomic E-state index is -1.09. The molecule has 0 bridgehead atoms. The number of methoxy groups -OCH3 is 1. The molecule has 0 aromatic heterocycles. The Morgan fingerprint density at radius 2 is 2.11 bits per heavy atom. The Labute approximate surface area is 111 Å². The number of hydrogen-bond donors (Lipinski definition) is 3. The van der Waals surface area contributed by atoms with Crippen LogP contribution >= 0.6 is 0 Å². The minimum absolute atomic E-state index is 0.0883. The Balaban J connectivity index is 0.000000550. The summed E-state index contributed by atoms with van der Waals surface area (Å²) in [7, 11) is 3.25. The van der Waals surface area contributed by atoms with E-state index in [9.17, 15) is 19.5 Å². The molecule has 108 valence electrons. The van der Waals surface area contributed by atoms with Gasteiger partial charge in [-0.15, -0.1) is 0 Å². The first-order chi connectivity index (χ1) is 8.99. The second-order valence-electron chi connectivity index (χ2n) is 4.82. The summed E-state index contributed by atoms with van der Waals surface area (Å²) in [6, 6.07) is 0. The van der Waals surface area contributed by atoms with Gasteiger partial charge in [-0.25, -0.2) is 0 Å². The van der Waals surface area contributed by atoms with Crippen molar-refractivity contribution in [2.75, 3.05) is 20.8 Å². The average molecular weight is 272 g/mol. The van der Waals surface area contributed by atoms with Crippen LogP contribution in [0.3, 0.4) is 0 Å². The highest BCUT2D eigenvalue weighted by atomic mass is 16.4. The van der Waals surface area contributed by atoms with Crippen molar-refractivity contribution in [3.63, 3.8) is 0 Å². The van der Waals surface area contributed by atoms with Crippen LogP contribution in [-0.2, 0) is 19.1 Å². The zero-order valence-electron chi connectivity index (χ0n) is 11.1. The third-order valence-electron chi connectivity index (χ3n) is 3.28. The third kappa shape index (κ3) is 3.51. The standard InChI is InChI=1S/C10H14N2O4.C2H6O/c13-5-10(2-1-3-10)12-9(16)7-6(14)4-11-8(7)15;1-3-2/h5-7,14H,1-4H2,(H,11,15)(H,12,16);1-2H3. The molecular formula is C12H20N2O5. The summed E-state index contributed by atoms with van der Waals surface area (Å²) in [5.41, 5.74) is -0.806. The van der Waals surface area contributed by atoms with Gasteiger partial charge in [-0.05, 0) is 19.3 Å². The molecule has 1 aliphatic carbocycles. The van der Waals surface area contributed by atoms with E-state index < -0.39 is 29.4 Å². The van der Waals surface area contributed by atoms with Gasteiger partial charge in [0.05, 0.1) is 11.6 Å². The molecule has 2 atom stereocenters. The molecule has 1 heterocycles. The van der Waals surface area contributed by atoms with Crippen LogP contribution in [0, 0.1) is 5.92 Å². The van der Waals surface area contributed by atoms with E-state index in [-0.39, 0.29) is 6.54 Å². The van der Waals surface area contributed by atoms with E-state index >= 15 is 0 Å². The van der Waals surface area contributed by atoms with Gasteiger partial charge in [0, 0.05) is 20.8 Å². The number of ether oxygens (including phenoxy) is 1. The van der Waals surface area contributed by atoms with E-state index in [2.05, 4.69) is 15.4 Å². The van der Waals surface area contributed by atoms with Crippen LogP contribution in [0.15, 0.2) is 0 Å². The summed E-state index contributed by atoms with van der Waals surface area (Å²) in [6.07, 6.45) is 1.81. The summed E-state index contributed by atoms with van der Waals surface area (Å²) >= 11 is 0. The highest BCUT2D eigenvalue weighted by Crippen LogP contribution is 2.30. The summed E-state index contributed by atoms with van der Waals surface area (Å²) in [5, 5.41) is 14.4. The molecule has 0 aromatic carbocycles. The fraction of sp³-hybridized carbons (Fsp3) is 0.750. The highest BCUT2D eigenvalue weighted by molar-refractivity contribution is 6.03. The van der Waals surface area contributed by atoms with E-state index in [4.69, 9.17) is 0 Å². The van der Waals surface area contributed by atoms with Gasteiger partial charge in [0.1, 0.15) is 12.2 Å². The molecule has 0 aromatic rings. The molecule has 1 saturated heterocycles. The van der Waals surface area contributed by atoms with Gasteiger partial charge < -0.3 is 25.3 Å². The van der Waals surface area contributed by atoms with Gasteiger partial charge in [-0.1, -0.05) is 0 Å². The first-order valence-electron chi connectivity index (χ1n) is 6.14. The van der Waals surface area contributed by atoms with Crippen LogP contribution in [0.2, 0.25) is 0 Å². The van der Waals surface area contributed by atoms with Crippen molar-refractivity contribution in [3.8, 4) is 0 Å². The lowest BCUT2D eigenvalue weighted by Gasteiger charge is -2.38. The van der Waals surface area contributed by atoms with Crippen LogP contribution in [0.4, 0.5) is 0 Å². The Morgan fingerprint density at radius 1 is 1.53 bits per heavy atom. The lowest BCUT2D eigenvalue weighted by Crippen LogP contribution is -2.57. The number of aliphatic hydroxyl groups is 1. The Hall–Kier alpha value is -1.47. The number of nitrogens with one attached hydrogen (secondary N) is 2. The molecule has 7 nitrogen and oxygen atoms in total. The molecular weight excluding hydrogens is 252 g/mol. The third-order valence-corrected chi connectivity index (χ3v) is 3.28. The number of aldehydes is 1. The SMILES string of the molecule is COC.O=CC1(NC(=O)C2C(=O)NCC2O)CCC1. The number of aliphatic hydroxyl groups excluding tert-OH is 1. The van der Waals surface area contributed by atoms with Crippen LogP contribution < -0.4 is 10.6 Å². The van der Waals surface area contributed by atoms with Gasteiger partial charge in [0.2, 0.25) is 11.8 Å². The van der Waals surface area contributed by atoms with Crippen molar-refractivity contribution in [1.29, 1.82) is 0 Å². The van der Waals surface area contributed by atoms with Crippen LogP contribution in [0.5, 0.6) is 0 Å². The summed E-state index contributed by atoms with van der Waals surface area (Å²) in [6.45, 7) is 0.0883. The predicted molar refractivity (Wildman–Crippen MR) is 66.2 cm³/mol. The van der Waals surface area contributed by atoms with Crippen LogP contribution in [0.1, 0.15) is 19.3 Å². The number of rotatable bonds is 3. The number of β-amino-alcohol motifs (C(OH)–C–C–N with tert-alkyl or cyclic N) is 1. The van der Waals surface area contributed by atoms with Gasteiger partial charge in [0.15, 0.2) is 0 Å². The van der Waals surface area contributed by atoms with E-state index in [0.29, 0.717) is 19.1 Å². The van der Waals surface area contributed by atoms with E-state index in [1.165, 1.54) is 0 Å². The monoisotopic (exact) mass is 272 g/mol. The molecule has 2 rings (SSSR count).